The van der Waals surface area contributed by atoms with E-state index in [0.29, 0.717) is 18.7 Å². The third kappa shape index (κ3) is 3.36. The molecule has 0 unspecified atom stereocenters. The first-order valence-electron chi connectivity index (χ1n) is 7.75. The summed E-state index contributed by atoms with van der Waals surface area (Å²) in [4.78, 5) is 21.1. The minimum atomic E-state index is 0.0847. The first-order chi connectivity index (χ1) is 11.6. The highest BCUT2D eigenvalue weighted by Crippen LogP contribution is 2.20. The Morgan fingerprint density at radius 3 is 2.71 bits per heavy atom. The second-order valence-corrected chi connectivity index (χ2v) is 6.81. The molecule has 6 heteroatoms. The highest BCUT2D eigenvalue weighted by Gasteiger charge is 2.24. The third-order valence-electron chi connectivity index (χ3n) is 4.19. The van der Waals surface area contributed by atoms with Crippen molar-refractivity contribution in [3.8, 4) is 6.07 Å². The molecule has 0 atom stereocenters. The number of pyridine rings is 1. The van der Waals surface area contributed by atoms with Crippen molar-refractivity contribution in [2.24, 2.45) is 0 Å². The summed E-state index contributed by atoms with van der Waals surface area (Å²) < 4.78 is 1.02. The summed E-state index contributed by atoms with van der Waals surface area (Å²) >= 11 is 2.24. The molecule has 5 nitrogen and oxygen atoms in total. The number of anilines is 1. The van der Waals surface area contributed by atoms with E-state index >= 15 is 0 Å². The lowest BCUT2D eigenvalue weighted by molar-refractivity contribution is 0.0745. The van der Waals surface area contributed by atoms with Crippen LogP contribution in [-0.2, 0) is 0 Å². The van der Waals surface area contributed by atoms with E-state index in [1.54, 1.807) is 18.3 Å². The summed E-state index contributed by atoms with van der Waals surface area (Å²) in [5.74, 6) is 0.882. The molecule has 1 amide bonds. The van der Waals surface area contributed by atoms with Crippen molar-refractivity contribution in [3.63, 3.8) is 0 Å². The van der Waals surface area contributed by atoms with E-state index in [2.05, 4.69) is 38.5 Å². The van der Waals surface area contributed by atoms with Gasteiger partial charge in [-0.2, -0.15) is 5.26 Å². The van der Waals surface area contributed by atoms with Crippen LogP contribution in [0.25, 0.3) is 0 Å². The van der Waals surface area contributed by atoms with Crippen LogP contribution >= 0.6 is 22.6 Å². The second kappa shape index (κ2) is 7.18. The summed E-state index contributed by atoms with van der Waals surface area (Å²) in [6.07, 6.45) is 1.65. The molecule has 2 heterocycles. The molecule has 1 aromatic carbocycles. The first kappa shape index (κ1) is 16.7. The van der Waals surface area contributed by atoms with Gasteiger partial charge < -0.3 is 9.80 Å². The molecular weight excluding hydrogens is 415 g/mol. The van der Waals surface area contributed by atoms with Gasteiger partial charge in [0.15, 0.2) is 0 Å². The number of nitrogens with zero attached hydrogens (tertiary/aromatic N) is 4. The zero-order valence-corrected chi connectivity index (χ0v) is 15.5. The predicted octanol–water partition coefficient (Wildman–Crippen LogP) is 2.83. The second-order valence-electron chi connectivity index (χ2n) is 5.73. The summed E-state index contributed by atoms with van der Waals surface area (Å²) in [5.41, 5.74) is 2.50. The zero-order valence-electron chi connectivity index (χ0n) is 13.4. The number of benzene rings is 1. The van der Waals surface area contributed by atoms with Gasteiger partial charge in [-0.25, -0.2) is 4.98 Å². The number of rotatable bonds is 2. The molecule has 0 radical (unpaired) electrons. The summed E-state index contributed by atoms with van der Waals surface area (Å²) in [7, 11) is 0. The average molecular weight is 432 g/mol. The number of carbonyl (C=O) groups excluding carboxylic acids is 1. The number of piperazine rings is 1. The Bertz CT molecular complexity index is 807. The van der Waals surface area contributed by atoms with E-state index < -0.39 is 0 Å². The first-order valence-corrected chi connectivity index (χ1v) is 8.83. The van der Waals surface area contributed by atoms with Crippen LogP contribution in [0.3, 0.4) is 0 Å². The van der Waals surface area contributed by atoms with Crippen LogP contribution in [0.2, 0.25) is 0 Å². The Morgan fingerprint density at radius 2 is 2.00 bits per heavy atom. The lowest BCUT2D eigenvalue weighted by atomic mass is 10.1. The average Bonchev–Trinajstić information content (AvgIpc) is 2.63. The molecule has 1 aromatic heterocycles. The Morgan fingerprint density at radius 1 is 1.25 bits per heavy atom. The largest absolute Gasteiger partial charge is 0.353 e. The molecule has 3 rings (SSSR count). The van der Waals surface area contributed by atoms with Crippen LogP contribution in [0.15, 0.2) is 36.5 Å². The molecule has 0 bridgehead atoms. The Balaban J connectivity index is 1.69. The molecule has 1 aliphatic heterocycles. The Labute approximate surface area is 155 Å². The number of nitriles is 1. The molecule has 122 valence electrons. The van der Waals surface area contributed by atoms with Crippen LogP contribution in [-0.4, -0.2) is 42.0 Å². The maximum atomic E-state index is 12.8. The SMILES string of the molecule is Cc1cccc(C(=O)N2CCN(c3cc(C#N)ccn3)CC2)c1I. The van der Waals surface area contributed by atoms with Crippen LogP contribution in [0.5, 0.6) is 0 Å². The lowest BCUT2D eigenvalue weighted by Gasteiger charge is -2.35. The lowest BCUT2D eigenvalue weighted by Crippen LogP contribution is -2.49. The van der Waals surface area contributed by atoms with Crippen LogP contribution < -0.4 is 4.90 Å². The van der Waals surface area contributed by atoms with Gasteiger partial charge in [0.25, 0.3) is 5.91 Å². The number of hydrogen-bond acceptors (Lipinski definition) is 4. The molecular formula is C18H17IN4O. The molecule has 1 saturated heterocycles. The molecule has 2 aromatic rings. The van der Waals surface area contributed by atoms with Gasteiger partial charge in [0, 0.05) is 35.9 Å². The number of aromatic nitrogens is 1. The van der Waals surface area contributed by atoms with E-state index in [1.807, 2.05) is 30.0 Å². The van der Waals surface area contributed by atoms with E-state index in [9.17, 15) is 4.79 Å². The van der Waals surface area contributed by atoms with Gasteiger partial charge in [0.05, 0.1) is 17.2 Å². The summed E-state index contributed by atoms with van der Waals surface area (Å²) in [5, 5.41) is 9.00. The highest BCUT2D eigenvalue weighted by atomic mass is 127. The molecule has 24 heavy (non-hydrogen) atoms. The van der Waals surface area contributed by atoms with Crippen molar-refractivity contribution in [2.45, 2.75) is 6.92 Å². The summed E-state index contributed by atoms with van der Waals surface area (Å²) in [6, 6.07) is 11.5. The molecule has 0 spiro atoms. The van der Waals surface area contributed by atoms with Gasteiger partial charge in [0.2, 0.25) is 0 Å². The molecule has 1 fully saturated rings. The quantitative estimate of drug-likeness (QED) is 0.685. The normalized spacial score (nSPS) is 14.4. The number of hydrogen-bond donors (Lipinski definition) is 0. The topological polar surface area (TPSA) is 60.2 Å². The maximum absolute atomic E-state index is 12.8. The minimum Gasteiger partial charge on any atom is -0.353 e. The molecule has 0 N–H and O–H groups in total. The minimum absolute atomic E-state index is 0.0847. The van der Waals surface area contributed by atoms with Gasteiger partial charge in [-0.15, -0.1) is 0 Å². The Hall–Kier alpha value is -2.14. The predicted molar refractivity (Wildman–Crippen MR) is 101 cm³/mol. The van der Waals surface area contributed by atoms with Gasteiger partial charge in [-0.3, -0.25) is 4.79 Å². The van der Waals surface area contributed by atoms with E-state index in [0.717, 1.165) is 33.6 Å². The van der Waals surface area contributed by atoms with E-state index in [-0.39, 0.29) is 5.91 Å². The fourth-order valence-electron chi connectivity index (χ4n) is 2.78. The van der Waals surface area contributed by atoms with Crippen molar-refractivity contribution >= 4 is 34.3 Å². The van der Waals surface area contributed by atoms with Crippen molar-refractivity contribution in [1.82, 2.24) is 9.88 Å². The molecule has 0 saturated carbocycles. The molecule has 1 aliphatic rings. The van der Waals surface area contributed by atoms with Gasteiger partial charge in [-0.1, -0.05) is 12.1 Å². The standard InChI is InChI=1S/C18H17IN4O/c1-13-3-2-4-15(17(13)19)18(24)23-9-7-22(8-10-23)16-11-14(12-20)5-6-21-16/h2-6,11H,7-10H2,1H3. The van der Waals surface area contributed by atoms with Crippen LogP contribution in [0.4, 0.5) is 5.82 Å². The smallest absolute Gasteiger partial charge is 0.255 e. The fourth-order valence-corrected chi connectivity index (χ4v) is 3.37. The van der Waals surface area contributed by atoms with Crippen molar-refractivity contribution < 1.29 is 4.79 Å². The number of aryl methyl sites for hydroxylation is 1. The summed E-state index contributed by atoms with van der Waals surface area (Å²) in [6.45, 7) is 4.76. The van der Waals surface area contributed by atoms with Gasteiger partial charge in [-0.05, 0) is 53.3 Å². The highest BCUT2D eigenvalue weighted by molar-refractivity contribution is 14.1. The number of halogens is 1. The zero-order chi connectivity index (χ0) is 17.1. The van der Waals surface area contributed by atoms with Gasteiger partial charge >= 0.3 is 0 Å². The number of amides is 1. The molecule has 0 aliphatic carbocycles. The van der Waals surface area contributed by atoms with Gasteiger partial charge in [0.1, 0.15) is 5.82 Å². The van der Waals surface area contributed by atoms with Crippen molar-refractivity contribution in [1.29, 1.82) is 5.26 Å². The fraction of sp³-hybridized carbons (Fsp3) is 0.278. The van der Waals surface area contributed by atoms with Crippen LogP contribution in [0.1, 0.15) is 21.5 Å². The van der Waals surface area contributed by atoms with E-state index in [1.165, 1.54) is 0 Å². The monoisotopic (exact) mass is 432 g/mol. The number of carbonyl (C=O) groups is 1. The van der Waals surface area contributed by atoms with Crippen molar-refractivity contribution in [2.75, 3.05) is 31.1 Å². The maximum Gasteiger partial charge on any atom is 0.255 e. The van der Waals surface area contributed by atoms with Crippen LogP contribution in [0, 0.1) is 21.8 Å². The Kier molecular flexibility index (Phi) is 5.00. The van der Waals surface area contributed by atoms with Crippen molar-refractivity contribution in [3.05, 3.63) is 56.8 Å². The van der Waals surface area contributed by atoms with E-state index in [4.69, 9.17) is 5.26 Å². The third-order valence-corrected chi connectivity index (χ3v) is 5.62.